The van der Waals surface area contributed by atoms with Gasteiger partial charge in [0, 0.05) is 0 Å². The second kappa shape index (κ2) is 4.53. The van der Waals surface area contributed by atoms with Gasteiger partial charge in [-0.05, 0) is 49.6 Å². The lowest BCUT2D eigenvalue weighted by atomic mass is 9.99. The molecule has 0 aliphatic carbocycles. The van der Waals surface area contributed by atoms with E-state index in [9.17, 15) is 9.50 Å². The summed E-state index contributed by atoms with van der Waals surface area (Å²) in [6, 6.07) is 3.13. The Balaban J connectivity index is 3.02. The molecule has 0 fully saturated rings. The number of nitrogens with two attached hydrogens (primary N) is 1. The topological polar surface area (TPSA) is 46.2 Å². The van der Waals surface area contributed by atoms with Crippen molar-refractivity contribution in [2.24, 2.45) is 5.73 Å². The van der Waals surface area contributed by atoms with Gasteiger partial charge in [-0.25, -0.2) is 4.39 Å². The molecule has 0 saturated carbocycles. The first-order chi connectivity index (χ1) is 6.56. The summed E-state index contributed by atoms with van der Waals surface area (Å²) in [5.41, 5.74) is 7.48. The van der Waals surface area contributed by atoms with Crippen LogP contribution in [-0.2, 0) is 0 Å². The van der Waals surface area contributed by atoms with E-state index in [1.807, 2.05) is 6.92 Å². The van der Waals surface area contributed by atoms with Crippen LogP contribution in [0, 0.1) is 19.7 Å². The molecule has 3 heteroatoms. The van der Waals surface area contributed by atoms with Gasteiger partial charge in [0.15, 0.2) is 0 Å². The van der Waals surface area contributed by atoms with E-state index in [0.717, 1.165) is 5.56 Å². The van der Waals surface area contributed by atoms with E-state index in [2.05, 4.69) is 0 Å². The van der Waals surface area contributed by atoms with Gasteiger partial charge in [-0.2, -0.15) is 0 Å². The zero-order valence-corrected chi connectivity index (χ0v) is 8.55. The van der Waals surface area contributed by atoms with Crippen LogP contribution in [0.3, 0.4) is 0 Å². The van der Waals surface area contributed by atoms with Crippen LogP contribution in [0.5, 0.6) is 0 Å². The highest BCUT2D eigenvalue weighted by Gasteiger charge is 2.11. The smallest absolute Gasteiger partial charge is 0.126 e. The van der Waals surface area contributed by atoms with Crippen molar-refractivity contribution < 1.29 is 9.50 Å². The molecule has 1 aromatic carbocycles. The van der Waals surface area contributed by atoms with Crippen LogP contribution in [0.2, 0.25) is 0 Å². The third-order valence-electron chi connectivity index (χ3n) is 2.35. The molecule has 0 saturated heterocycles. The van der Waals surface area contributed by atoms with Crippen molar-refractivity contribution in [2.75, 3.05) is 6.54 Å². The molecule has 14 heavy (non-hydrogen) atoms. The molecule has 0 bridgehead atoms. The fourth-order valence-electron chi connectivity index (χ4n) is 1.51. The first-order valence-corrected chi connectivity index (χ1v) is 4.71. The Labute approximate surface area is 83.6 Å². The lowest BCUT2D eigenvalue weighted by molar-refractivity contribution is 0.169. The molecule has 2 nitrogen and oxygen atoms in total. The first kappa shape index (κ1) is 11.1. The Bertz CT molecular complexity index is 325. The van der Waals surface area contributed by atoms with Crippen molar-refractivity contribution >= 4 is 0 Å². The number of aryl methyl sites for hydroxylation is 2. The third kappa shape index (κ3) is 2.30. The summed E-state index contributed by atoms with van der Waals surface area (Å²) in [5.74, 6) is -0.276. The second-order valence-corrected chi connectivity index (χ2v) is 3.55. The fourth-order valence-corrected chi connectivity index (χ4v) is 1.51. The molecule has 0 spiro atoms. The number of hydrogen-bond donors (Lipinski definition) is 2. The van der Waals surface area contributed by atoms with Crippen molar-refractivity contribution in [3.05, 3.63) is 34.6 Å². The Kier molecular flexibility index (Phi) is 3.61. The second-order valence-electron chi connectivity index (χ2n) is 3.55. The summed E-state index contributed by atoms with van der Waals surface area (Å²) >= 11 is 0. The van der Waals surface area contributed by atoms with Gasteiger partial charge in [0.25, 0.3) is 0 Å². The number of aliphatic hydroxyl groups is 1. The Morgan fingerprint density at radius 2 is 2.00 bits per heavy atom. The van der Waals surface area contributed by atoms with Crippen LogP contribution < -0.4 is 5.73 Å². The average molecular weight is 197 g/mol. The monoisotopic (exact) mass is 197 g/mol. The molecule has 1 aromatic rings. The maximum atomic E-state index is 13.2. The molecule has 1 unspecified atom stereocenters. The SMILES string of the molecule is Cc1cc(C)c(C(O)CCN)cc1F. The van der Waals surface area contributed by atoms with Crippen molar-refractivity contribution in [3.8, 4) is 0 Å². The first-order valence-electron chi connectivity index (χ1n) is 4.71. The minimum atomic E-state index is -0.657. The number of aliphatic hydroxyl groups excluding tert-OH is 1. The molecule has 78 valence electrons. The number of halogens is 1. The summed E-state index contributed by atoms with van der Waals surface area (Å²) in [5, 5.41) is 9.67. The molecule has 0 amide bonds. The molecule has 1 rings (SSSR count). The molecule has 0 aliphatic heterocycles. The zero-order valence-electron chi connectivity index (χ0n) is 8.55. The summed E-state index contributed by atoms with van der Waals surface area (Å²) in [7, 11) is 0. The van der Waals surface area contributed by atoms with E-state index in [0.29, 0.717) is 24.1 Å². The fraction of sp³-hybridized carbons (Fsp3) is 0.455. The van der Waals surface area contributed by atoms with Crippen LogP contribution in [0.15, 0.2) is 12.1 Å². The highest BCUT2D eigenvalue weighted by Crippen LogP contribution is 2.22. The highest BCUT2D eigenvalue weighted by molar-refractivity contribution is 5.33. The van der Waals surface area contributed by atoms with Gasteiger partial charge in [-0.3, -0.25) is 0 Å². The predicted octanol–water partition coefficient (Wildman–Crippen LogP) is 1.82. The highest BCUT2D eigenvalue weighted by atomic mass is 19.1. The number of hydrogen-bond acceptors (Lipinski definition) is 2. The van der Waals surface area contributed by atoms with Gasteiger partial charge < -0.3 is 10.8 Å². The lowest BCUT2D eigenvalue weighted by Crippen LogP contribution is -2.08. The molecular weight excluding hydrogens is 181 g/mol. The molecule has 0 aromatic heterocycles. The Hall–Kier alpha value is -0.930. The minimum Gasteiger partial charge on any atom is -0.388 e. The largest absolute Gasteiger partial charge is 0.388 e. The maximum absolute atomic E-state index is 13.2. The van der Waals surface area contributed by atoms with Crippen LogP contribution in [0.25, 0.3) is 0 Å². The van der Waals surface area contributed by atoms with Gasteiger partial charge in [0.05, 0.1) is 6.10 Å². The van der Waals surface area contributed by atoms with Crippen LogP contribution in [-0.4, -0.2) is 11.7 Å². The summed E-state index contributed by atoms with van der Waals surface area (Å²) in [4.78, 5) is 0. The summed E-state index contributed by atoms with van der Waals surface area (Å²) in [6.45, 7) is 3.97. The zero-order chi connectivity index (χ0) is 10.7. The van der Waals surface area contributed by atoms with E-state index >= 15 is 0 Å². The molecule has 0 radical (unpaired) electrons. The van der Waals surface area contributed by atoms with Crippen molar-refractivity contribution in [1.29, 1.82) is 0 Å². The lowest BCUT2D eigenvalue weighted by Gasteiger charge is -2.13. The molecule has 1 atom stereocenters. The van der Waals surface area contributed by atoms with E-state index in [4.69, 9.17) is 5.73 Å². The quantitative estimate of drug-likeness (QED) is 0.776. The van der Waals surface area contributed by atoms with Crippen LogP contribution in [0.4, 0.5) is 4.39 Å². The van der Waals surface area contributed by atoms with Crippen molar-refractivity contribution in [2.45, 2.75) is 26.4 Å². The minimum absolute atomic E-state index is 0.276. The van der Waals surface area contributed by atoms with E-state index < -0.39 is 6.10 Å². The van der Waals surface area contributed by atoms with E-state index in [1.54, 1.807) is 13.0 Å². The maximum Gasteiger partial charge on any atom is 0.126 e. The normalized spacial score (nSPS) is 12.9. The predicted molar refractivity (Wildman–Crippen MR) is 54.5 cm³/mol. The number of rotatable bonds is 3. The Morgan fingerprint density at radius 1 is 1.36 bits per heavy atom. The molecule has 3 N–H and O–H groups in total. The van der Waals surface area contributed by atoms with Gasteiger partial charge in [-0.15, -0.1) is 0 Å². The van der Waals surface area contributed by atoms with Crippen molar-refractivity contribution in [1.82, 2.24) is 0 Å². The van der Waals surface area contributed by atoms with Gasteiger partial charge in [0.2, 0.25) is 0 Å². The van der Waals surface area contributed by atoms with Crippen LogP contribution >= 0.6 is 0 Å². The van der Waals surface area contributed by atoms with Crippen LogP contribution in [0.1, 0.15) is 29.2 Å². The standard InChI is InChI=1S/C11H16FNO/c1-7-5-8(2)10(12)6-9(7)11(14)3-4-13/h5-6,11,14H,3-4,13H2,1-2H3. The third-order valence-corrected chi connectivity index (χ3v) is 2.35. The molecule has 0 aliphatic rings. The van der Waals surface area contributed by atoms with Gasteiger partial charge in [0.1, 0.15) is 5.82 Å². The molecule has 0 heterocycles. The van der Waals surface area contributed by atoms with E-state index in [-0.39, 0.29) is 5.82 Å². The van der Waals surface area contributed by atoms with Gasteiger partial charge >= 0.3 is 0 Å². The van der Waals surface area contributed by atoms with Crippen molar-refractivity contribution in [3.63, 3.8) is 0 Å². The molecular formula is C11H16FNO. The van der Waals surface area contributed by atoms with Gasteiger partial charge in [-0.1, -0.05) is 6.07 Å². The van der Waals surface area contributed by atoms with E-state index in [1.165, 1.54) is 6.07 Å². The Morgan fingerprint density at radius 3 is 2.57 bits per heavy atom. The summed E-state index contributed by atoms with van der Waals surface area (Å²) < 4.78 is 13.2. The average Bonchev–Trinajstić information content (AvgIpc) is 2.11. The number of benzene rings is 1. The summed E-state index contributed by atoms with van der Waals surface area (Å²) in [6.07, 6.45) is -0.196.